The molecule has 0 spiro atoms. The van der Waals surface area contributed by atoms with Gasteiger partial charge in [-0.1, -0.05) is 44.2 Å². The Morgan fingerprint density at radius 2 is 1.66 bits per heavy atom. The number of carbonyl (C=O) groups excluding carboxylic acids is 2. The van der Waals surface area contributed by atoms with Crippen LogP contribution in [0, 0.1) is 13.8 Å². The maximum Gasteiger partial charge on any atom is 0.328 e. The second-order valence-electron chi connectivity index (χ2n) is 12.0. The van der Waals surface area contributed by atoms with Crippen molar-refractivity contribution < 1.29 is 14.3 Å². The highest BCUT2D eigenvalue weighted by molar-refractivity contribution is 6.06. The topological polar surface area (TPSA) is 79.7 Å². The van der Waals surface area contributed by atoms with Crippen molar-refractivity contribution in [1.82, 2.24) is 14.5 Å². The number of carbonyl (C=O) groups is 2. The lowest BCUT2D eigenvalue weighted by Gasteiger charge is -2.38. The molecule has 3 aromatic carbocycles. The lowest BCUT2D eigenvalue weighted by Crippen LogP contribution is -2.44. The standard InChI is InChI=1S/C36H43N5O3/c1-10-24-14-16-27(23(6)18-24)31-32-33(38-36(43)41(31)29-19-25(11-2)13-12-22(29)5)37-34(40(32)21(3)4)28-20-26(35(42)39(7)8)15-17-30(28)44-9/h12-21,31H,10-11H2,1-9H3,(H,38,43). The summed E-state index contributed by atoms with van der Waals surface area (Å²) in [5, 5.41) is 3.13. The summed E-state index contributed by atoms with van der Waals surface area (Å²) in [6.45, 7) is 12.7. The number of benzene rings is 3. The van der Waals surface area contributed by atoms with Crippen molar-refractivity contribution >= 4 is 23.4 Å². The molecule has 1 aliphatic rings. The highest BCUT2D eigenvalue weighted by Gasteiger charge is 2.41. The summed E-state index contributed by atoms with van der Waals surface area (Å²) < 4.78 is 7.98. The zero-order valence-corrected chi connectivity index (χ0v) is 27.3. The fourth-order valence-electron chi connectivity index (χ4n) is 6.12. The van der Waals surface area contributed by atoms with Crippen molar-refractivity contribution in [3.8, 4) is 17.1 Å². The minimum atomic E-state index is -0.448. The van der Waals surface area contributed by atoms with E-state index in [1.54, 1.807) is 38.2 Å². The van der Waals surface area contributed by atoms with E-state index in [-0.39, 0.29) is 18.0 Å². The number of fused-ring (bicyclic) bond motifs is 1. The summed E-state index contributed by atoms with van der Waals surface area (Å²) in [5.74, 6) is 1.62. The number of hydrogen-bond acceptors (Lipinski definition) is 4. The van der Waals surface area contributed by atoms with Crippen LogP contribution in [0.25, 0.3) is 11.4 Å². The zero-order chi connectivity index (χ0) is 31.9. The molecule has 4 aromatic rings. The SMILES string of the molecule is CCc1ccc(C2c3c(nc(-c4cc(C(=O)N(C)C)ccc4OC)n3C(C)C)NC(=O)N2c2cc(CC)ccc2C)c(C)c1. The Kier molecular flexibility index (Phi) is 8.55. The molecule has 0 saturated heterocycles. The summed E-state index contributed by atoms with van der Waals surface area (Å²) in [7, 11) is 5.08. The number of imidazole rings is 1. The van der Waals surface area contributed by atoms with E-state index >= 15 is 0 Å². The fraction of sp³-hybridized carbons (Fsp3) is 0.361. The molecule has 5 rings (SSSR count). The van der Waals surface area contributed by atoms with E-state index in [1.165, 1.54) is 5.56 Å². The third-order valence-electron chi connectivity index (χ3n) is 8.50. The van der Waals surface area contributed by atoms with Crippen LogP contribution in [0.15, 0.2) is 54.6 Å². The smallest absolute Gasteiger partial charge is 0.328 e. The van der Waals surface area contributed by atoms with Gasteiger partial charge in [0, 0.05) is 31.4 Å². The third-order valence-corrected chi connectivity index (χ3v) is 8.50. The van der Waals surface area contributed by atoms with E-state index in [4.69, 9.17) is 9.72 Å². The molecule has 44 heavy (non-hydrogen) atoms. The monoisotopic (exact) mass is 593 g/mol. The molecule has 0 fully saturated rings. The maximum atomic E-state index is 14.2. The van der Waals surface area contributed by atoms with E-state index < -0.39 is 6.04 Å². The highest BCUT2D eigenvalue weighted by Crippen LogP contribution is 2.46. The second kappa shape index (κ2) is 12.2. The average Bonchev–Trinajstić information content (AvgIpc) is 3.39. The molecule has 0 aliphatic carbocycles. The Balaban J connectivity index is 1.84. The number of aryl methyl sites for hydroxylation is 4. The first-order valence-corrected chi connectivity index (χ1v) is 15.3. The van der Waals surface area contributed by atoms with Crippen LogP contribution in [-0.2, 0) is 12.8 Å². The minimum Gasteiger partial charge on any atom is -0.496 e. The molecule has 0 radical (unpaired) electrons. The van der Waals surface area contributed by atoms with E-state index in [9.17, 15) is 9.59 Å². The number of anilines is 2. The number of rotatable bonds is 8. The summed E-state index contributed by atoms with van der Waals surface area (Å²) in [5.41, 5.74) is 8.53. The van der Waals surface area contributed by atoms with Gasteiger partial charge in [0.1, 0.15) is 17.6 Å². The first-order valence-electron chi connectivity index (χ1n) is 15.3. The Labute approximate surface area is 260 Å². The molecule has 2 heterocycles. The van der Waals surface area contributed by atoms with Crippen LogP contribution in [0.4, 0.5) is 16.3 Å². The summed E-state index contributed by atoms with van der Waals surface area (Å²) in [6, 6.07) is 17.5. The van der Waals surface area contributed by atoms with Crippen LogP contribution in [0.1, 0.15) is 83.6 Å². The number of urea groups is 1. The molecule has 3 amide bonds. The van der Waals surface area contributed by atoms with Crippen LogP contribution < -0.4 is 15.0 Å². The first kappa shape index (κ1) is 30.9. The average molecular weight is 594 g/mol. The van der Waals surface area contributed by atoms with Gasteiger partial charge in [-0.3, -0.25) is 15.0 Å². The Hall–Kier alpha value is -4.59. The fourth-order valence-corrected chi connectivity index (χ4v) is 6.12. The van der Waals surface area contributed by atoms with Crippen LogP contribution >= 0.6 is 0 Å². The number of methoxy groups -OCH3 is 1. The van der Waals surface area contributed by atoms with Gasteiger partial charge < -0.3 is 14.2 Å². The number of hydrogen-bond donors (Lipinski definition) is 1. The van der Waals surface area contributed by atoms with Crippen molar-refractivity contribution in [3.05, 3.63) is 93.7 Å². The Morgan fingerprint density at radius 3 is 2.27 bits per heavy atom. The van der Waals surface area contributed by atoms with Crippen molar-refractivity contribution in [2.75, 3.05) is 31.4 Å². The van der Waals surface area contributed by atoms with Crippen molar-refractivity contribution in [2.45, 2.75) is 66.5 Å². The van der Waals surface area contributed by atoms with Gasteiger partial charge in [0.05, 0.1) is 18.4 Å². The van der Waals surface area contributed by atoms with Crippen molar-refractivity contribution in [3.63, 3.8) is 0 Å². The van der Waals surface area contributed by atoms with Gasteiger partial charge in [-0.15, -0.1) is 0 Å². The van der Waals surface area contributed by atoms with Gasteiger partial charge in [-0.25, -0.2) is 9.78 Å². The van der Waals surface area contributed by atoms with Crippen LogP contribution in [0.2, 0.25) is 0 Å². The number of ether oxygens (including phenoxy) is 1. The van der Waals surface area contributed by atoms with Gasteiger partial charge in [0.15, 0.2) is 5.82 Å². The molecule has 230 valence electrons. The first-order chi connectivity index (χ1) is 21.0. The molecule has 1 aromatic heterocycles. The van der Waals surface area contributed by atoms with E-state index in [1.807, 2.05) is 17.9 Å². The molecule has 0 saturated carbocycles. The number of amides is 3. The van der Waals surface area contributed by atoms with Crippen LogP contribution in [-0.4, -0.2) is 47.6 Å². The van der Waals surface area contributed by atoms with Crippen LogP contribution in [0.5, 0.6) is 5.75 Å². The van der Waals surface area contributed by atoms with Crippen molar-refractivity contribution in [1.29, 1.82) is 0 Å². The lowest BCUT2D eigenvalue weighted by atomic mass is 9.92. The Morgan fingerprint density at radius 1 is 0.977 bits per heavy atom. The maximum absolute atomic E-state index is 14.2. The molecular formula is C36H43N5O3. The largest absolute Gasteiger partial charge is 0.496 e. The van der Waals surface area contributed by atoms with Crippen molar-refractivity contribution in [2.24, 2.45) is 0 Å². The molecule has 8 heteroatoms. The number of nitrogens with zero attached hydrogens (tertiary/aromatic N) is 4. The van der Waals surface area contributed by atoms with Gasteiger partial charge in [-0.2, -0.15) is 0 Å². The summed E-state index contributed by atoms with van der Waals surface area (Å²) in [4.78, 5) is 35.7. The quantitative estimate of drug-likeness (QED) is 0.227. The molecular weight excluding hydrogens is 550 g/mol. The number of nitrogens with one attached hydrogen (secondary N) is 1. The van der Waals surface area contributed by atoms with E-state index in [0.717, 1.165) is 46.5 Å². The molecule has 1 atom stereocenters. The summed E-state index contributed by atoms with van der Waals surface area (Å²) in [6.07, 6.45) is 1.79. The van der Waals surface area contributed by atoms with Gasteiger partial charge in [0.25, 0.3) is 5.91 Å². The molecule has 8 nitrogen and oxygen atoms in total. The predicted molar refractivity (Wildman–Crippen MR) is 177 cm³/mol. The minimum absolute atomic E-state index is 0.0307. The summed E-state index contributed by atoms with van der Waals surface area (Å²) >= 11 is 0. The number of aromatic nitrogens is 2. The molecule has 1 unspecified atom stereocenters. The molecule has 1 N–H and O–H groups in total. The molecule has 0 bridgehead atoms. The molecule has 1 aliphatic heterocycles. The van der Waals surface area contributed by atoms with Gasteiger partial charge in [-0.05, 0) is 92.6 Å². The van der Waals surface area contributed by atoms with Gasteiger partial charge >= 0.3 is 6.03 Å². The predicted octanol–water partition coefficient (Wildman–Crippen LogP) is 7.72. The van der Waals surface area contributed by atoms with Gasteiger partial charge in [0.2, 0.25) is 0 Å². The van der Waals surface area contributed by atoms with E-state index in [0.29, 0.717) is 28.5 Å². The van der Waals surface area contributed by atoms with Crippen LogP contribution in [0.3, 0.4) is 0 Å². The third kappa shape index (κ3) is 5.34. The van der Waals surface area contributed by atoms with E-state index in [2.05, 4.69) is 80.9 Å². The normalized spacial score (nSPS) is 14.5. The zero-order valence-electron chi connectivity index (χ0n) is 27.3. The Bertz CT molecular complexity index is 1740. The second-order valence-corrected chi connectivity index (χ2v) is 12.0. The highest BCUT2D eigenvalue weighted by atomic mass is 16.5. The lowest BCUT2D eigenvalue weighted by molar-refractivity contribution is 0.0827.